The first-order valence-electron chi connectivity index (χ1n) is 9.44. The summed E-state index contributed by atoms with van der Waals surface area (Å²) in [6, 6.07) is 13.1. The molecule has 0 aliphatic carbocycles. The van der Waals surface area contributed by atoms with Crippen molar-refractivity contribution in [3.05, 3.63) is 53.1 Å². The maximum absolute atomic E-state index is 6.16. The van der Waals surface area contributed by atoms with Crippen LogP contribution in [0.1, 0.15) is 57.4 Å². The van der Waals surface area contributed by atoms with Gasteiger partial charge in [0.05, 0.1) is 25.3 Å². The van der Waals surface area contributed by atoms with Crippen molar-refractivity contribution in [2.24, 2.45) is 5.92 Å². The topological polar surface area (TPSA) is 30.5 Å². The first kappa shape index (κ1) is 17.3. The van der Waals surface area contributed by atoms with E-state index in [1.54, 1.807) is 7.11 Å². The van der Waals surface area contributed by atoms with Crippen molar-refractivity contribution >= 4 is 5.69 Å². The van der Waals surface area contributed by atoms with Crippen LogP contribution in [0.2, 0.25) is 0 Å². The molecule has 0 amide bonds. The third kappa shape index (κ3) is 2.48. The van der Waals surface area contributed by atoms with Gasteiger partial charge in [-0.05, 0) is 34.7 Å². The molecular formula is C23H29NO2. The van der Waals surface area contributed by atoms with Crippen molar-refractivity contribution in [2.75, 3.05) is 19.0 Å². The Morgan fingerprint density at radius 2 is 1.92 bits per heavy atom. The van der Waals surface area contributed by atoms with Gasteiger partial charge in [0.25, 0.3) is 0 Å². The van der Waals surface area contributed by atoms with Crippen LogP contribution in [0.3, 0.4) is 0 Å². The van der Waals surface area contributed by atoms with Crippen molar-refractivity contribution < 1.29 is 9.47 Å². The molecule has 1 N–H and O–H groups in total. The van der Waals surface area contributed by atoms with E-state index >= 15 is 0 Å². The number of benzene rings is 2. The number of hydrogen-bond donors (Lipinski definition) is 1. The fourth-order valence-electron chi connectivity index (χ4n) is 4.45. The average molecular weight is 351 g/mol. The smallest absolute Gasteiger partial charge is 0.128 e. The van der Waals surface area contributed by atoms with E-state index in [-0.39, 0.29) is 16.9 Å². The van der Waals surface area contributed by atoms with Gasteiger partial charge in [0.1, 0.15) is 11.5 Å². The predicted octanol–water partition coefficient (Wildman–Crippen LogP) is 5.45. The van der Waals surface area contributed by atoms with E-state index in [4.69, 9.17) is 9.47 Å². The summed E-state index contributed by atoms with van der Waals surface area (Å²) in [6.45, 7) is 12.2. The fourth-order valence-corrected chi connectivity index (χ4v) is 4.45. The molecule has 4 rings (SSSR count). The largest absolute Gasteiger partial charge is 0.496 e. The zero-order valence-electron chi connectivity index (χ0n) is 16.6. The summed E-state index contributed by atoms with van der Waals surface area (Å²) in [7, 11) is 1.73. The molecule has 0 bridgehead atoms. The summed E-state index contributed by atoms with van der Waals surface area (Å²) in [5.74, 6) is 2.17. The second-order valence-corrected chi connectivity index (χ2v) is 9.14. The first-order valence-corrected chi connectivity index (χ1v) is 9.44. The zero-order valence-corrected chi connectivity index (χ0v) is 16.6. The predicted molar refractivity (Wildman–Crippen MR) is 107 cm³/mol. The molecule has 0 spiro atoms. The highest BCUT2D eigenvalue weighted by atomic mass is 16.5. The molecule has 2 aliphatic rings. The number of nitrogens with one attached hydrogen (secondary N) is 1. The van der Waals surface area contributed by atoms with Crippen LogP contribution in [0.15, 0.2) is 36.4 Å². The molecule has 2 unspecified atom stereocenters. The molecule has 3 heteroatoms. The molecule has 26 heavy (non-hydrogen) atoms. The number of fused-ring (bicyclic) bond motifs is 4. The number of ether oxygens (including phenoxy) is 2. The van der Waals surface area contributed by atoms with Crippen LogP contribution < -0.4 is 14.8 Å². The Morgan fingerprint density at radius 3 is 2.62 bits per heavy atom. The number of methoxy groups -OCH3 is 1. The summed E-state index contributed by atoms with van der Waals surface area (Å²) in [5, 5.41) is 3.80. The van der Waals surface area contributed by atoms with Crippen molar-refractivity contribution in [2.45, 2.75) is 51.5 Å². The van der Waals surface area contributed by atoms with E-state index in [1.807, 2.05) is 18.2 Å². The number of hydrogen-bond acceptors (Lipinski definition) is 3. The van der Waals surface area contributed by atoms with Gasteiger partial charge >= 0.3 is 0 Å². The molecule has 0 saturated heterocycles. The van der Waals surface area contributed by atoms with Gasteiger partial charge in [-0.15, -0.1) is 0 Å². The van der Waals surface area contributed by atoms with Crippen LogP contribution in [0.4, 0.5) is 5.69 Å². The molecule has 2 heterocycles. The van der Waals surface area contributed by atoms with E-state index < -0.39 is 0 Å². The molecule has 2 atom stereocenters. The second-order valence-electron chi connectivity index (χ2n) is 9.14. The highest BCUT2D eigenvalue weighted by Gasteiger charge is 2.47. The Kier molecular flexibility index (Phi) is 3.76. The molecule has 138 valence electrons. The van der Waals surface area contributed by atoms with Crippen molar-refractivity contribution in [1.29, 1.82) is 0 Å². The first-order chi connectivity index (χ1) is 12.2. The van der Waals surface area contributed by atoms with Gasteiger partial charge in [-0.25, -0.2) is 0 Å². The summed E-state index contributed by atoms with van der Waals surface area (Å²) < 4.78 is 11.8. The third-order valence-corrected chi connectivity index (χ3v) is 6.20. The normalized spacial score (nSPS) is 23.0. The maximum atomic E-state index is 6.16. The number of rotatable bonds is 1. The third-order valence-electron chi connectivity index (χ3n) is 6.20. The standard InChI is InChI=1S/C23H29NO2/c1-22(2,3)14-10-11-17-15(12-14)23(4,5)16-13-26-19-9-7-8-18(25-6)20(19)21(16)24-17/h7-12,16,21,24H,13H2,1-6H3. The quantitative estimate of drug-likeness (QED) is 0.741. The van der Waals surface area contributed by atoms with Crippen LogP contribution in [0.25, 0.3) is 0 Å². The molecule has 2 aliphatic heterocycles. The van der Waals surface area contributed by atoms with Crippen molar-refractivity contribution in [3.8, 4) is 11.5 Å². The average Bonchev–Trinajstić information content (AvgIpc) is 2.59. The van der Waals surface area contributed by atoms with E-state index in [9.17, 15) is 0 Å². The summed E-state index contributed by atoms with van der Waals surface area (Å²) >= 11 is 0. The molecule has 0 radical (unpaired) electrons. The van der Waals surface area contributed by atoms with E-state index in [2.05, 4.69) is 58.1 Å². The van der Waals surface area contributed by atoms with Gasteiger partial charge in [-0.1, -0.05) is 52.8 Å². The minimum Gasteiger partial charge on any atom is -0.496 e. The Balaban J connectivity index is 1.86. The van der Waals surface area contributed by atoms with Crippen molar-refractivity contribution in [3.63, 3.8) is 0 Å². The lowest BCUT2D eigenvalue weighted by Gasteiger charge is -2.49. The molecule has 2 aromatic rings. The molecule has 2 aromatic carbocycles. The fraction of sp³-hybridized carbons (Fsp3) is 0.478. The highest BCUT2D eigenvalue weighted by molar-refractivity contribution is 5.64. The van der Waals surface area contributed by atoms with Crippen LogP contribution in [0.5, 0.6) is 11.5 Å². The lowest BCUT2D eigenvalue weighted by molar-refractivity contribution is 0.133. The SMILES string of the molecule is COc1cccc2c1C1Nc3ccc(C(C)(C)C)cc3C(C)(C)C1CO2. The highest BCUT2D eigenvalue weighted by Crippen LogP contribution is 2.54. The van der Waals surface area contributed by atoms with Crippen LogP contribution in [-0.4, -0.2) is 13.7 Å². The van der Waals surface area contributed by atoms with Gasteiger partial charge in [0.2, 0.25) is 0 Å². The molecule has 0 fully saturated rings. The van der Waals surface area contributed by atoms with Crippen LogP contribution in [-0.2, 0) is 10.8 Å². The Labute approximate surface area is 156 Å². The summed E-state index contributed by atoms with van der Waals surface area (Å²) in [5.41, 5.74) is 5.27. The minimum atomic E-state index is 0.00501. The van der Waals surface area contributed by atoms with Crippen molar-refractivity contribution in [1.82, 2.24) is 0 Å². The van der Waals surface area contributed by atoms with Gasteiger partial charge in [-0.2, -0.15) is 0 Å². The van der Waals surface area contributed by atoms with Gasteiger partial charge < -0.3 is 14.8 Å². The Hall–Kier alpha value is -2.16. The summed E-state index contributed by atoms with van der Waals surface area (Å²) in [4.78, 5) is 0. The lowest BCUT2D eigenvalue weighted by Crippen LogP contribution is -2.46. The van der Waals surface area contributed by atoms with Crippen LogP contribution >= 0.6 is 0 Å². The van der Waals surface area contributed by atoms with Crippen LogP contribution in [0, 0.1) is 5.92 Å². The monoisotopic (exact) mass is 351 g/mol. The number of anilines is 1. The maximum Gasteiger partial charge on any atom is 0.128 e. The lowest BCUT2D eigenvalue weighted by atomic mass is 9.64. The molecule has 0 saturated carbocycles. The molecule has 0 aromatic heterocycles. The van der Waals surface area contributed by atoms with E-state index in [0.717, 1.165) is 17.1 Å². The molecular weight excluding hydrogens is 322 g/mol. The molecule has 3 nitrogen and oxygen atoms in total. The zero-order chi connectivity index (χ0) is 18.7. The Morgan fingerprint density at radius 1 is 1.15 bits per heavy atom. The van der Waals surface area contributed by atoms with E-state index in [0.29, 0.717) is 12.5 Å². The summed E-state index contributed by atoms with van der Waals surface area (Å²) in [6.07, 6.45) is 0. The van der Waals surface area contributed by atoms with Gasteiger partial charge in [-0.3, -0.25) is 0 Å². The second kappa shape index (κ2) is 5.67. The minimum absolute atomic E-state index is 0.00501. The van der Waals surface area contributed by atoms with E-state index in [1.165, 1.54) is 16.8 Å². The van der Waals surface area contributed by atoms with Gasteiger partial charge in [0.15, 0.2) is 0 Å². The Bertz CT molecular complexity index is 834. The van der Waals surface area contributed by atoms with Gasteiger partial charge in [0, 0.05) is 17.0 Å².